The minimum atomic E-state index is -0.0589. The number of likely N-dealkylation sites (N-methyl/N-ethyl adjacent to an activating group) is 1. The molecule has 0 saturated carbocycles. The predicted molar refractivity (Wildman–Crippen MR) is 93.8 cm³/mol. The van der Waals surface area contributed by atoms with E-state index in [1.165, 1.54) is 17.7 Å². The first kappa shape index (κ1) is 22.1. The highest BCUT2D eigenvalue weighted by molar-refractivity contribution is 5.85. The van der Waals surface area contributed by atoms with Gasteiger partial charge in [0.1, 0.15) is 0 Å². The monoisotopic (exact) mass is 349 g/mol. The second kappa shape index (κ2) is 11.6. The van der Waals surface area contributed by atoms with Crippen molar-refractivity contribution in [3.05, 3.63) is 0 Å². The molecule has 2 amide bonds. The van der Waals surface area contributed by atoms with Crippen molar-refractivity contribution in [2.75, 3.05) is 54.0 Å². The van der Waals surface area contributed by atoms with Gasteiger partial charge in [0.15, 0.2) is 0 Å². The summed E-state index contributed by atoms with van der Waals surface area (Å²) in [5.41, 5.74) is 0. The Morgan fingerprint density at radius 3 is 2.52 bits per heavy atom. The van der Waals surface area contributed by atoms with Gasteiger partial charge in [0, 0.05) is 34.2 Å². The zero-order valence-electron chi connectivity index (χ0n) is 14.8. The highest BCUT2D eigenvalue weighted by Gasteiger charge is 2.25. The smallest absolute Gasteiger partial charge is 0.241 e. The highest BCUT2D eigenvalue weighted by Crippen LogP contribution is 2.23. The predicted octanol–water partition coefficient (Wildman–Crippen LogP) is 0.997. The van der Waals surface area contributed by atoms with Crippen LogP contribution < -0.4 is 5.32 Å². The summed E-state index contributed by atoms with van der Waals surface area (Å²) in [6.07, 6.45) is 2.85. The molecular formula is C16H32ClN3O3. The molecule has 0 spiro atoms. The third kappa shape index (κ3) is 7.99. The van der Waals surface area contributed by atoms with Gasteiger partial charge in [-0.25, -0.2) is 0 Å². The maximum absolute atomic E-state index is 12.5. The van der Waals surface area contributed by atoms with Crippen molar-refractivity contribution < 1.29 is 14.3 Å². The molecule has 1 rings (SSSR count). The number of nitrogens with one attached hydrogen (secondary N) is 1. The number of piperidine rings is 1. The van der Waals surface area contributed by atoms with Crippen LogP contribution in [0.1, 0.15) is 26.2 Å². The van der Waals surface area contributed by atoms with Crippen molar-refractivity contribution in [2.45, 2.75) is 26.2 Å². The van der Waals surface area contributed by atoms with Gasteiger partial charge in [0.25, 0.3) is 0 Å². The van der Waals surface area contributed by atoms with Gasteiger partial charge in [-0.2, -0.15) is 0 Å². The summed E-state index contributed by atoms with van der Waals surface area (Å²) >= 11 is 0. The Labute approximate surface area is 146 Å². The quantitative estimate of drug-likeness (QED) is 0.710. The Morgan fingerprint density at radius 2 is 2.00 bits per heavy atom. The first-order valence-electron chi connectivity index (χ1n) is 8.13. The van der Waals surface area contributed by atoms with E-state index >= 15 is 0 Å². The number of halogens is 1. The van der Waals surface area contributed by atoms with Crippen LogP contribution in [0.25, 0.3) is 0 Å². The van der Waals surface area contributed by atoms with E-state index in [0.717, 1.165) is 13.1 Å². The average molecular weight is 350 g/mol. The number of hydrogen-bond acceptors (Lipinski definition) is 4. The summed E-state index contributed by atoms with van der Waals surface area (Å²) in [5, 5.41) is 3.39. The van der Waals surface area contributed by atoms with E-state index in [0.29, 0.717) is 31.4 Å². The summed E-state index contributed by atoms with van der Waals surface area (Å²) in [5.74, 6) is 0.869. The van der Waals surface area contributed by atoms with Crippen LogP contribution in [0.5, 0.6) is 0 Å². The molecule has 6 nitrogen and oxygen atoms in total. The van der Waals surface area contributed by atoms with Crippen molar-refractivity contribution in [1.29, 1.82) is 0 Å². The largest absolute Gasteiger partial charge is 0.383 e. The van der Waals surface area contributed by atoms with Gasteiger partial charge < -0.3 is 19.9 Å². The molecule has 1 N–H and O–H groups in total. The minimum Gasteiger partial charge on any atom is -0.383 e. The number of carbonyl (C=O) groups excluding carboxylic acids is 2. The molecule has 0 aliphatic carbocycles. The molecule has 2 atom stereocenters. The Hall–Kier alpha value is -0.850. The second-order valence-electron chi connectivity index (χ2n) is 6.38. The summed E-state index contributed by atoms with van der Waals surface area (Å²) in [7, 11) is 5.02. The maximum atomic E-state index is 12.5. The first-order valence-corrected chi connectivity index (χ1v) is 8.13. The van der Waals surface area contributed by atoms with E-state index in [2.05, 4.69) is 12.2 Å². The van der Waals surface area contributed by atoms with Gasteiger partial charge in [0.2, 0.25) is 11.8 Å². The molecule has 0 bridgehead atoms. The van der Waals surface area contributed by atoms with Crippen LogP contribution >= 0.6 is 12.4 Å². The van der Waals surface area contributed by atoms with Crippen molar-refractivity contribution in [3.63, 3.8) is 0 Å². The lowest BCUT2D eigenvalue weighted by Crippen LogP contribution is -2.43. The molecule has 1 heterocycles. The molecule has 1 aliphatic rings. The zero-order chi connectivity index (χ0) is 16.5. The normalized spacial score (nSPS) is 18.7. The number of hydrogen-bond donors (Lipinski definition) is 1. The summed E-state index contributed by atoms with van der Waals surface area (Å²) in [6.45, 7) is 5.25. The molecule has 1 fully saturated rings. The molecule has 7 heteroatoms. The number of carbonyl (C=O) groups is 2. The van der Waals surface area contributed by atoms with E-state index in [1.54, 1.807) is 26.1 Å². The van der Waals surface area contributed by atoms with Crippen LogP contribution in [0.3, 0.4) is 0 Å². The van der Waals surface area contributed by atoms with Crippen molar-refractivity contribution >= 4 is 24.2 Å². The average Bonchev–Trinajstić information content (AvgIpc) is 2.51. The summed E-state index contributed by atoms with van der Waals surface area (Å²) < 4.78 is 5.06. The Kier molecular flexibility index (Phi) is 11.2. The molecule has 0 aromatic rings. The molecule has 2 unspecified atom stereocenters. The van der Waals surface area contributed by atoms with Crippen molar-refractivity contribution in [2.24, 2.45) is 11.8 Å². The SMILES string of the molecule is COCCN(CC(=O)N(C)C)C(=O)CC(C)C1CCCNC1.Cl. The lowest BCUT2D eigenvalue weighted by molar-refractivity contribution is -0.140. The van der Waals surface area contributed by atoms with Crippen LogP contribution in [0.15, 0.2) is 0 Å². The lowest BCUT2D eigenvalue weighted by Gasteiger charge is -2.30. The van der Waals surface area contributed by atoms with E-state index in [-0.39, 0.29) is 30.8 Å². The van der Waals surface area contributed by atoms with E-state index < -0.39 is 0 Å². The first-order chi connectivity index (χ1) is 10.5. The van der Waals surface area contributed by atoms with Crippen LogP contribution in [-0.2, 0) is 14.3 Å². The van der Waals surface area contributed by atoms with Crippen LogP contribution in [-0.4, -0.2) is 75.6 Å². The molecule has 136 valence electrons. The van der Waals surface area contributed by atoms with Crippen LogP contribution in [0, 0.1) is 11.8 Å². The summed E-state index contributed by atoms with van der Waals surface area (Å²) in [6, 6.07) is 0. The molecule has 23 heavy (non-hydrogen) atoms. The Balaban J connectivity index is 0.00000484. The third-order valence-electron chi connectivity index (χ3n) is 4.38. The van der Waals surface area contributed by atoms with Gasteiger partial charge in [-0.05, 0) is 37.8 Å². The number of methoxy groups -OCH3 is 1. The van der Waals surface area contributed by atoms with E-state index in [9.17, 15) is 9.59 Å². The van der Waals surface area contributed by atoms with Gasteiger partial charge in [-0.1, -0.05) is 6.92 Å². The highest BCUT2D eigenvalue weighted by atomic mass is 35.5. The van der Waals surface area contributed by atoms with Crippen LogP contribution in [0.4, 0.5) is 0 Å². The lowest BCUT2D eigenvalue weighted by atomic mass is 9.85. The van der Waals surface area contributed by atoms with Gasteiger partial charge >= 0.3 is 0 Å². The third-order valence-corrected chi connectivity index (χ3v) is 4.38. The molecular weight excluding hydrogens is 318 g/mol. The topological polar surface area (TPSA) is 61.9 Å². The van der Waals surface area contributed by atoms with Crippen molar-refractivity contribution in [1.82, 2.24) is 15.1 Å². The number of amides is 2. The van der Waals surface area contributed by atoms with Gasteiger partial charge in [-0.3, -0.25) is 9.59 Å². The Bertz CT molecular complexity index is 360. The molecule has 0 radical (unpaired) electrons. The fourth-order valence-corrected chi connectivity index (χ4v) is 2.73. The van der Waals surface area contributed by atoms with Crippen molar-refractivity contribution in [3.8, 4) is 0 Å². The minimum absolute atomic E-state index is 0. The number of rotatable bonds is 8. The maximum Gasteiger partial charge on any atom is 0.241 e. The van der Waals surface area contributed by atoms with E-state index in [4.69, 9.17) is 4.74 Å². The van der Waals surface area contributed by atoms with Gasteiger partial charge in [-0.15, -0.1) is 12.4 Å². The fraction of sp³-hybridized carbons (Fsp3) is 0.875. The fourth-order valence-electron chi connectivity index (χ4n) is 2.73. The number of nitrogens with zero attached hydrogens (tertiary/aromatic N) is 2. The van der Waals surface area contributed by atoms with Crippen LogP contribution in [0.2, 0.25) is 0 Å². The molecule has 1 aliphatic heterocycles. The molecule has 1 saturated heterocycles. The molecule has 0 aromatic heterocycles. The number of ether oxygens (including phenoxy) is 1. The molecule has 0 aromatic carbocycles. The zero-order valence-corrected chi connectivity index (χ0v) is 15.7. The Morgan fingerprint density at radius 1 is 1.30 bits per heavy atom. The van der Waals surface area contributed by atoms with E-state index in [1.807, 2.05) is 0 Å². The second-order valence-corrected chi connectivity index (χ2v) is 6.38. The van der Waals surface area contributed by atoms with Gasteiger partial charge in [0.05, 0.1) is 13.2 Å². The standard InChI is InChI=1S/C16H31N3O3.ClH/c1-13(14-6-5-7-17-11-14)10-15(20)19(8-9-22-4)12-16(21)18(2)3;/h13-14,17H,5-12H2,1-4H3;1H. The summed E-state index contributed by atoms with van der Waals surface area (Å²) in [4.78, 5) is 27.6.